The van der Waals surface area contributed by atoms with Gasteiger partial charge in [-0.1, -0.05) is 24.3 Å². The summed E-state index contributed by atoms with van der Waals surface area (Å²) in [6.07, 6.45) is 0.395. The maximum Gasteiger partial charge on any atom is 0.387 e. The van der Waals surface area contributed by atoms with Crippen LogP contribution in [0.1, 0.15) is 12.0 Å². The molecule has 0 N–H and O–H groups in total. The van der Waals surface area contributed by atoms with E-state index in [1.807, 2.05) is 30.3 Å². The van der Waals surface area contributed by atoms with Crippen molar-refractivity contribution < 1.29 is 23.0 Å². The number of carbonyl (C=O) groups excluding carboxylic acids is 1. The van der Waals surface area contributed by atoms with Crippen molar-refractivity contribution in [2.24, 2.45) is 0 Å². The van der Waals surface area contributed by atoms with Crippen molar-refractivity contribution in [3.05, 3.63) is 54.1 Å². The third-order valence-electron chi connectivity index (χ3n) is 3.62. The first-order valence-corrected chi connectivity index (χ1v) is 9.01. The molecular formula is C19H21F2NO3S. The smallest absolute Gasteiger partial charge is 0.387 e. The van der Waals surface area contributed by atoms with Crippen LogP contribution in [0.15, 0.2) is 53.4 Å². The minimum atomic E-state index is -2.94. The van der Waals surface area contributed by atoms with E-state index in [-0.39, 0.29) is 17.4 Å². The highest BCUT2D eigenvalue weighted by Crippen LogP contribution is 2.30. The van der Waals surface area contributed by atoms with Crippen LogP contribution in [0.4, 0.5) is 8.78 Å². The van der Waals surface area contributed by atoms with Gasteiger partial charge in [0.2, 0.25) is 5.91 Å². The minimum Gasteiger partial charge on any atom is -0.493 e. The van der Waals surface area contributed by atoms with Crippen LogP contribution in [0.5, 0.6) is 11.5 Å². The lowest BCUT2D eigenvalue weighted by atomic mass is 10.2. The predicted molar refractivity (Wildman–Crippen MR) is 97.9 cm³/mol. The number of methoxy groups -OCH3 is 1. The Bertz CT molecular complexity index is 713. The molecule has 0 fully saturated rings. The molecule has 0 spiro atoms. The van der Waals surface area contributed by atoms with E-state index < -0.39 is 6.61 Å². The molecule has 0 aliphatic carbocycles. The molecule has 2 aromatic rings. The molecule has 0 atom stereocenters. The zero-order valence-corrected chi connectivity index (χ0v) is 15.5. The van der Waals surface area contributed by atoms with E-state index >= 15 is 0 Å². The number of amides is 1. The number of alkyl halides is 2. The van der Waals surface area contributed by atoms with Gasteiger partial charge in [-0.25, -0.2) is 0 Å². The van der Waals surface area contributed by atoms with Crippen molar-refractivity contribution in [2.75, 3.05) is 19.9 Å². The first-order chi connectivity index (χ1) is 12.5. The Morgan fingerprint density at radius 2 is 1.88 bits per heavy atom. The maximum atomic E-state index is 12.5. The maximum absolute atomic E-state index is 12.5. The second kappa shape index (κ2) is 10.0. The number of halogens is 2. The van der Waals surface area contributed by atoms with E-state index in [1.54, 1.807) is 35.8 Å². The summed E-state index contributed by atoms with van der Waals surface area (Å²) >= 11 is 1.62. The van der Waals surface area contributed by atoms with Crippen LogP contribution in [0.2, 0.25) is 0 Å². The number of nitrogens with zero attached hydrogens (tertiary/aromatic N) is 1. The first-order valence-electron chi connectivity index (χ1n) is 8.03. The second-order valence-corrected chi connectivity index (χ2v) is 6.69. The van der Waals surface area contributed by atoms with E-state index in [9.17, 15) is 13.6 Å². The van der Waals surface area contributed by atoms with Gasteiger partial charge in [-0.15, -0.1) is 11.8 Å². The molecule has 0 saturated carbocycles. The average molecular weight is 381 g/mol. The number of hydrogen-bond acceptors (Lipinski definition) is 4. The molecule has 0 heterocycles. The number of benzene rings is 2. The van der Waals surface area contributed by atoms with E-state index in [4.69, 9.17) is 4.74 Å². The van der Waals surface area contributed by atoms with Crippen molar-refractivity contribution in [3.63, 3.8) is 0 Å². The van der Waals surface area contributed by atoms with Crippen LogP contribution in [0, 0.1) is 0 Å². The third kappa shape index (κ3) is 6.22. The fraction of sp³-hybridized carbons (Fsp3) is 0.316. The lowest BCUT2D eigenvalue weighted by Gasteiger charge is -2.18. The number of carbonyl (C=O) groups is 1. The molecule has 0 unspecified atom stereocenters. The highest BCUT2D eigenvalue weighted by Gasteiger charge is 2.14. The lowest BCUT2D eigenvalue weighted by molar-refractivity contribution is -0.129. The average Bonchev–Trinajstić information content (AvgIpc) is 2.62. The highest BCUT2D eigenvalue weighted by atomic mass is 32.2. The van der Waals surface area contributed by atoms with Crippen molar-refractivity contribution >= 4 is 17.7 Å². The largest absolute Gasteiger partial charge is 0.493 e. The van der Waals surface area contributed by atoms with Gasteiger partial charge in [0.1, 0.15) is 0 Å². The van der Waals surface area contributed by atoms with Crippen molar-refractivity contribution in [3.8, 4) is 11.5 Å². The summed E-state index contributed by atoms with van der Waals surface area (Å²) in [5.41, 5.74) is 0.688. The summed E-state index contributed by atoms with van der Waals surface area (Å²) in [5, 5.41) is 0. The van der Waals surface area contributed by atoms with Crippen molar-refractivity contribution in [1.82, 2.24) is 4.90 Å². The molecule has 0 radical (unpaired) electrons. The zero-order valence-electron chi connectivity index (χ0n) is 14.7. The molecule has 0 aliphatic rings. The first kappa shape index (κ1) is 20.0. The van der Waals surface area contributed by atoms with Crippen LogP contribution in [0.25, 0.3) is 0 Å². The summed E-state index contributed by atoms with van der Waals surface area (Å²) < 4.78 is 34.5. The van der Waals surface area contributed by atoms with Crippen molar-refractivity contribution in [1.29, 1.82) is 0 Å². The standard InChI is InChI=1S/C19H21F2NO3S/c1-22(18(23)10-11-26-15-6-4-3-5-7-15)13-14-8-9-16(24-2)17(12-14)25-19(20)21/h3-9,12,19H,10-11,13H2,1-2H3. The monoisotopic (exact) mass is 381 g/mol. The molecule has 0 saturated heterocycles. The van der Waals surface area contributed by atoms with Gasteiger partial charge in [0, 0.05) is 30.7 Å². The van der Waals surface area contributed by atoms with Crippen molar-refractivity contribution in [2.45, 2.75) is 24.5 Å². The lowest BCUT2D eigenvalue weighted by Crippen LogP contribution is -2.26. The van der Waals surface area contributed by atoms with Crippen LogP contribution in [-0.4, -0.2) is 37.3 Å². The second-order valence-electron chi connectivity index (χ2n) is 5.53. The molecular weight excluding hydrogens is 360 g/mol. The Morgan fingerprint density at radius 1 is 1.15 bits per heavy atom. The molecule has 26 heavy (non-hydrogen) atoms. The Kier molecular flexibility index (Phi) is 7.72. The number of rotatable bonds is 9. The van der Waals surface area contributed by atoms with Crippen LogP contribution in [-0.2, 0) is 11.3 Å². The predicted octanol–water partition coefficient (Wildman–Crippen LogP) is 4.44. The summed E-state index contributed by atoms with van der Waals surface area (Å²) in [4.78, 5) is 14.9. The highest BCUT2D eigenvalue weighted by molar-refractivity contribution is 7.99. The molecule has 0 aliphatic heterocycles. The number of thioether (sulfide) groups is 1. The van der Waals surface area contributed by atoms with Crippen LogP contribution in [0.3, 0.4) is 0 Å². The van der Waals surface area contributed by atoms with E-state index in [0.717, 1.165) is 4.90 Å². The third-order valence-corrected chi connectivity index (χ3v) is 4.63. The van der Waals surface area contributed by atoms with Gasteiger partial charge in [0.05, 0.1) is 7.11 Å². The van der Waals surface area contributed by atoms with Gasteiger partial charge in [-0.3, -0.25) is 4.79 Å². The molecule has 2 aromatic carbocycles. The van der Waals surface area contributed by atoms with Gasteiger partial charge in [0.15, 0.2) is 11.5 Å². The SMILES string of the molecule is COc1ccc(CN(C)C(=O)CCSc2ccccc2)cc1OC(F)F. The molecule has 0 aromatic heterocycles. The summed E-state index contributed by atoms with van der Waals surface area (Å²) in [6.45, 7) is -2.63. The van der Waals surface area contributed by atoms with Crippen LogP contribution >= 0.6 is 11.8 Å². The van der Waals surface area contributed by atoms with Gasteiger partial charge in [0.25, 0.3) is 0 Å². The van der Waals surface area contributed by atoms with E-state index in [2.05, 4.69) is 4.74 Å². The molecule has 4 nitrogen and oxygen atoms in total. The Balaban J connectivity index is 1.89. The van der Waals surface area contributed by atoms with Gasteiger partial charge in [-0.05, 0) is 29.8 Å². The molecule has 140 valence electrons. The van der Waals surface area contributed by atoms with Gasteiger partial charge < -0.3 is 14.4 Å². The Hall–Kier alpha value is -2.28. The van der Waals surface area contributed by atoms with E-state index in [1.165, 1.54) is 13.2 Å². The normalized spacial score (nSPS) is 10.7. The number of ether oxygens (including phenoxy) is 2. The molecule has 2 rings (SSSR count). The fourth-order valence-corrected chi connectivity index (χ4v) is 3.20. The van der Waals surface area contributed by atoms with Gasteiger partial charge in [-0.2, -0.15) is 8.78 Å². The quantitative estimate of drug-likeness (QED) is 0.602. The molecule has 0 bridgehead atoms. The zero-order chi connectivity index (χ0) is 18.9. The topological polar surface area (TPSA) is 38.8 Å². The fourth-order valence-electron chi connectivity index (χ4n) is 2.33. The summed E-state index contributed by atoms with van der Waals surface area (Å²) in [6, 6.07) is 14.6. The number of hydrogen-bond donors (Lipinski definition) is 0. The Labute approximate surface area is 156 Å². The van der Waals surface area contributed by atoms with Crippen LogP contribution < -0.4 is 9.47 Å². The molecule has 1 amide bonds. The molecule has 7 heteroatoms. The van der Waals surface area contributed by atoms with Gasteiger partial charge >= 0.3 is 6.61 Å². The van der Waals surface area contributed by atoms with E-state index in [0.29, 0.717) is 24.3 Å². The summed E-state index contributed by atoms with van der Waals surface area (Å²) in [5.74, 6) is 0.846. The minimum absolute atomic E-state index is 0.0134. The summed E-state index contributed by atoms with van der Waals surface area (Å²) in [7, 11) is 3.07. The Morgan fingerprint density at radius 3 is 2.54 bits per heavy atom.